The maximum Gasteiger partial charge on any atom is 0.191 e. The number of aliphatic imine (C=N–C) groups is 1. The van der Waals surface area contributed by atoms with E-state index in [1.54, 1.807) is 0 Å². The lowest BCUT2D eigenvalue weighted by Gasteiger charge is -2.32. The van der Waals surface area contributed by atoms with E-state index in [0.717, 1.165) is 31.5 Å². The number of nitrogens with one attached hydrogen (secondary N) is 2. The third kappa shape index (κ3) is 5.87. The standard InChI is InChI=1S/C19H32N4/c1-4-23-12-8-9-17(15-23)14-22-19(20-3)21-13-16(2)18-10-6-5-7-11-18/h5-7,10-11,16-17H,4,8-9,12-15H2,1-3H3,(H2,20,21,22). The van der Waals surface area contributed by atoms with Gasteiger partial charge < -0.3 is 15.5 Å². The first-order valence-electron chi connectivity index (χ1n) is 8.94. The van der Waals surface area contributed by atoms with Gasteiger partial charge in [-0.05, 0) is 43.3 Å². The van der Waals surface area contributed by atoms with Crippen LogP contribution in [0.25, 0.3) is 0 Å². The Morgan fingerprint density at radius 1 is 1.30 bits per heavy atom. The fraction of sp³-hybridized carbons (Fsp3) is 0.632. The highest BCUT2D eigenvalue weighted by Crippen LogP contribution is 2.15. The molecule has 0 amide bonds. The highest BCUT2D eigenvalue weighted by molar-refractivity contribution is 5.79. The quantitative estimate of drug-likeness (QED) is 0.626. The highest BCUT2D eigenvalue weighted by Gasteiger charge is 2.18. The molecule has 4 heteroatoms. The minimum absolute atomic E-state index is 0.472. The summed E-state index contributed by atoms with van der Waals surface area (Å²) in [7, 11) is 1.85. The van der Waals surface area contributed by atoms with Crippen molar-refractivity contribution in [1.29, 1.82) is 0 Å². The van der Waals surface area contributed by atoms with E-state index < -0.39 is 0 Å². The van der Waals surface area contributed by atoms with E-state index in [0.29, 0.717) is 5.92 Å². The molecule has 23 heavy (non-hydrogen) atoms. The predicted octanol–water partition coefficient (Wildman–Crippen LogP) is 2.69. The lowest BCUT2D eigenvalue weighted by Crippen LogP contribution is -2.45. The monoisotopic (exact) mass is 316 g/mol. The van der Waals surface area contributed by atoms with Crippen molar-refractivity contribution >= 4 is 5.96 Å². The summed E-state index contributed by atoms with van der Waals surface area (Å²) >= 11 is 0. The summed E-state index contributed by atoms with van der Waals surface area (Å²) in [6.07, 6.45) is 2.64. The van der Waals surface area contributed by atoms with E-state index in [-0.39, 0.29) is 0 Å². The molecular formula is C19H32N4. The molecule has 1 aliphatic rings. The lowest BCUT2D eigenvalue weighted by molar-refractivity contribution is 0.183. The van der Waals surface area contributed by atoms with Gasteiger partial charge in [-0.1, -0.05) is 44.2 Å². The molecule has 2 atom stereocenters. The van der Waals surface area contributed by atoms with Gasteiger partial charge in [0.1, 0.15) is 0 Å². The number of piperidine rings is 1. The molecule has 2 N–H and O–H groups in total. The zero-order valence-electron chi connectivity index (χ0n) is 14.9. The average molecular weight is 316 g/mol. The summed E-state index contributed by atoms with van der Waals surface area (Å²) in [6, 6.07) is 10.6. The van der Waals surface area contributed by atoms with Gasteiger partial charge in [-0.15, -0.1) is 0 Å². The second-order valence-corrected chi connectivity index (χ2v) is 6.55. The molecule has 0 radical (unpaired) electrons. The normalized spacial score (nSPS) is 21.0. The van der Waals surface area contributed by atoms with Crippen molar-refractivity contribution < 1.29 is 0 Å². The first kappa shape index (κ1) is 17.8. The largest absolute Gasteiger partial charge is 0.356 e. The van der Waals surface area contributed by atoms with E-state index in [2.05, 4.69) is 64.7 Å². The Kier molecular flexibility index (Phi) is 7.40. The van der Waals surface area contributed by atoms with Crippen LogP contribution >= 0.6 is 0 Å². The number of rotatable bonds is 6. The van der Waals surface area contributed by atoms with Crippen LogP contribution < -0.4 is 10.6 Å². The summed E-state index contributed by atoms with van der Waals surface area (Å²) in [6.45, 7) is 10.0. The topological polar surface area (TPSA) is 39.7 Å². The molecule has 0 saturated carbocycles. The first-order valence-corrected chi connectivity index (χ1v) is 8.94. The summed E-state index contributed by atoms with van der Waals surface area (Å²) in [5, 5.41) is 6.96. The molecule has 1 aliphatic heterocycles. The van der Waals surface area contributed by atoms with Crippen molar-refractivity contribution in [2.24, 2.45) is 10.9 Å². The Morgan fingerprint density at radius 3 is 2.78 bits per heavy atom. The van der Waals surface area contributed by atoms with Crippen LogP contribution in [0.4, 0.5) is 0 Å². The number of benzene rings is 1. The highest BCUT2D eigenvalue weighted by atomic mass is 15.2. The molecular weight excluding hydrogens is 284 g/mol. The fourth-order valence-electron chi connectivity index (χ4n) is 3.22. The van der Waals surface area contributed by atoms with Crippen molar-refractivity contribution in [3.8, 4) is 0 Å². The number of hydrogen-bond donors (Lipinski definition) is 2. The van der Waals surface area contributed by atoms with E-state index in [1.165, 1.54) is 31.5 Å². The Bertz CT molecular complexity index is 472. The Hall–Kier alpha value is -1.55. The minimum Gasteiger partial charge on any atom is -0.356 e. The van der Waals surface area contributed by atoms with Crippen molar-refractivity contribution in [3.63, 3.8) is 0 Å². The van der Waals surface area contributed by atoms with Crippen LogP contribution in [0.5, 0.6) is 0 Å². The zero-order chi connectivity index (χ0) is 16.5. The molecule has 1 heterocycles. The van der Waals surface area contributed by atoms with Gasteiger partial charge in [0, 0.05) is 26.7 Å². The second kappa shape index (κ2) is 9.56. The SMILES string of the molecule is CCN1CCCC(CNC(=NC)NCC(C)c2ccccc2)C1. The molecule has 2 rings (SSSR count). The molecule has 1 saturated heterocycles. The smallest absolute Gasteiger partial charge is 0.191 e. The third-order valence-corrected chi connectivity index (χ3v) is 4.78. The molecule has 128 valence electrons. The van der Waals surface area contributed by atoms with E-state index >= 15 is 0 Å². The van der Waals surface area contributed by atoms with Crippen LogP contribution in [0.3, 0.4) is 0 Å². The van der Waals surface area contributed by atoms with Crippen LogP contribution in [0.1, 0.15) is 38.2 Å². The average Bonchev–Trinajstić information content (AvgIpc) is 2.62. The first-order chi connectivity index (χ1) is 11.2. The number of guanidine groups is 1. The molecule has 0 aromatic heterocycles. The molecule has 0 bridgehead atoms. The lowest BCUT2D eigenvalue weighted by atomic mass is 9.98. The maximum atomic E-state index is 4.36. The van der Waals surface area contributed by atoms with E-state index in [1.807, 2.05) is 7.05 Å². The predicted molar refractivity (Wildman–Crippen MR) is 99.1 cm³/mol. The van der Waals surface area contributed by atoms with Crippen LogP contribution in [-0.2, 0) is 0 Å². The van der Waals surface area contributed by atoms with Crippen LogP contribution in [-0.4, -0.2) is 50.6 Å². The van der Waals surface area contributed by atoms with E-state index in [9.17, 15) is 0 Å². The minimum atomic E-state index is 0.472. The van der Waals surface area contributed by atoms with Crippen molar-refractivity contribution in [2.45, 2.75) is 32.6 Å². The van der Waals surface area contributed by atoms with Gasteiger partial charge in [-0.2, -0.15) is 0 Å². The maximum absolute atomic E-state index is 4.36. The second-order valence-electron chi connectivity index (χ2n) is 6.55. The molecule has 1 aromatic rings. The van der Waals surface area contributed by atoms with Gasteiger partial charge in [0.15, 0.2) is 5.96 Å². The van der Waals surface area contributed by atoms with Crippen LogP contribution in [0, 0.1) is 5.92 Å². The van der Waals surface area contributed by atoms with Gasteiger partial charge in [-0.3, -0.25) is 4.99 Å². The third-order valence-electron chi connectivity index (χ3n) is 4.78. The van der Waals surface area contributed by atoms with Gasteiger partial charge in [0.2, 0.25) is 0 Å². The number of nitrogens with zero attached hydrogens (tertiary/aromatic N) is 2. The Balaban J connectivity index is 1.73. The van der Waals surface area contributed by atoms with Crippen LogP contribution in [0.2, 0.25) is 0 Å². The van der Waals surface area contributed by atoms with Gasteiger partial charge in [-0.25, -0.2) is 0 Å². The summed E-state index contributed by atoms with van der Waals surface area (Å²) in [5.41, 5.74) is 1.36. The van der Waals surface area contributed by atoms with E-state index in [4.69, 9.17) is 0 Å². The Morgan fingerprint density at radius 2 is 2.09 bits per heavy atom. The van der Waals surface area contributed by atoms with Crippen molar-refractivity contribution in [2.75, 3.05) is 39.8 Å². The summed E-state index contributed by atoms with van der Waals surface area (Å²) in [4.78, 5) is 6.90. The molecule has 1 fully saturated rings. The van der Waals surface area contributed by atoms with Crippen LogP contribution in [0.15, 0.2) is 35.3 Å². The fourth-order valence-corrected chi connectivity index (χ4v) is 3.22. The summed E-state index contributed by atoms with van der Waals surface area (Å²) in [5.74, 6) is 2.12. The van der Waals surface area contributed by atoms with Crippen molar-refractivity contribution in [3.05, 3.63) is 35.9 Å². The molecule has 2 unspecified atom stereocenters. The Labute approximate surface area is 141 Å². The number of likely N-dealkylation sites (tertiary alicyclic amines) is 1. The zero-order valence-corrected chi connectivity index (χ0v) is 14.9. The molecule has 0 aliphatic carbocycles. The van der Waals surface area contributed by atoms with Crippen molar-refractivity contribution in [1.82, 2.24) is 15.5 Å². The van der Waals surface area contributed by atoms with Gasteiger partial charge in [0.05, 0.1) is 0 Å². The molecule has 4 nitrogen and oxygen atoms in total. The number of hydrogen-bond acceptors (Lipinski definition) is 2. The van der Waals surface area contributed by atoms with Gasteiger partial charge in [0.25, 0.3) is 0 Å². The van der Waals surface area contributed by atoms with Gasteiger partial charge >= 0.3 is 0 Å². The molecule has 0 spiro atoms. The molecule has 1 aromatic carbocycles. The summed E-state index contributed by atoms with van der Waals surface area (Å²) < 4.78 is 0.